The largest absolute Gasteiger partial charge is 0.462 e. The molecule has 2 aliphatic rings. The summed E-state index contributed by atoms with van der Waals surface area (Å²) in [5.74, 6) is -1.15. The van der Waals surface area contributed by atoms with Crippen molar-refractivity contribution in [2.24, 2.45) is 0 Å². The number of rotatable bonds is 25. The molecule has 22 nitrogen and oxygen atoms in total. The van der Waals surface area contributed by atoms with Crippen molar-refractivity contribution in [1.29, 1.82) is 0 Å². The average molecular weight is 1450 g/mol. The standard InChI is InChI=1S/2C37H36ClN5O6.C6H14/c2*1-3-48-36(44)32-33(37(45)49-4-2)35(39-27-11-7-5-8-12-27)41(34(32)25-17-21-29(22-18-25)43(46)47)31-23-30(24-15-19-26(38)20-16-24)40-42(31)28-13-9-6-10-14-28;1-3-5-6-4-2/h2*6,9-10,13-23,27,39H,3-5,7-8,11-12H2,1-2H3;3-6H2,1-2H3. The second-order valence-corrected chi connectivity index (χ2v) is 25.9. The first kappa shape index (κ1) is 75.8. The predicted octanol–water partition coefficient (Wildman–Crippen LogP) is 19.9. The normalized spacial score (nSPS) is 13.0. The minimum absolute atomic E-state index is 0.000773. The summed E-state index contributed by atoms with van der Waals surface area (Å²) in [5.41, 5.74) is 5.53. The molecule has 4 aromatic heterocycles. The number of ether oxygens (including phenoxy) is 4. The minimum atomic E-state index is -0.729. The van der Waals surface area contributed by atoms with Crippen LogP contribution in [-0.2, 0) is 18.9 Å². The minimum Gasteiger partial charge on any atom is -0.462 e. The molecule has 104 heavy (non-hydrogen) atoms. The first-order valence-corrected chi connectivity index (χ1v) is 36.4. The van der Waals surface area contributed by atoms with Crippen LogP contribution in [0.25, 0.3) is 68.0 Å². The van der Waals surface area contributed by atoms with E-state index in [0.717, 1.165) is 86.7 Å². The molecule has 24 heteroatoms. The first-order chi connectivity index (χ1) is 50.5. The number of esters is 4. The lowest BCUT2D eigenvalue weighted by molar-refractivity contribution is -0.385. The molecule has 12 rings (SSSR count). The van der Waals surface area contributed by atoms with Crippen LogP contribution in [0.5, 0.6) is 0 Å². The number of non-ortho nitro benzene ring substituents is 2. The van der Waals surface area contributed by atoms with E-state index in [1.807, 2.05) is 97.1 Å². The first-order valence-electron chi connectivity index (χ1n) is 35.6. The van der Waals surface area contributed by atoms with E-state index in [-0.39, 0.29) is 72.1 Å². The zero-order valence-electron chi connectivity index (χ0n) is 59.3. The third kappa shape index (κ3) is 17.8. The zero-order valence-corrected chi connectivity index (χ0v) is 60.8. The number of anilines is 2. The Morgan fingerprint density at radius 3 is 1.04 bits per heavy atom. The molecule has 2 aliphatic carbocycles. The van der Waals surface area contributed by atoms with Gasteiger partial charge in [0.25, 0.3) is 11.4 Å². The van der Waals surface area contributed by atoms with E-state index in [9.17, 15) is 39.4 Å². The van der Waals surface area contributed by atoms with Crippen LogP contribution in [0.4, 0.5) is 23.0 Å². The second kappa shape index (κ2) is 36.3. The van der Waals surface area contributed by atoms with Crippen molar-refractivity contribution < 1.29 is 48.0 Å². The lowest BCUT2D eigenvalue weighted by Gasteiger charge is -2.26. The Hall–Kier alpha value is -10.8. The van der Waals surface area contributed by atoms with Gasteiger partial charge in [0.1, 0.15) is 45.5 Å². The van der Waals surface area contributed by atoms with Crippen molar-refractivity contribution in [2.45, 2.75) is 144 Å². The highest BCUT2D eigenvalue weighted by Crippen LogP contribution is 2.45. The number of hydrogen-bond donors (Lipinski definition) is 2. The highest BCUT2D eigenvalue weighted by Gasteiger charge is 2.39. The molecule has 0 bridgehead atoms. The molecule has 6 aromatic carbocycles. The number of unbranched alkanes of at least 4 members (excludes halogenated alkanes) is 3. The Kier molecular flexibility index (Phi) is 26.5. The van der Waals surface area contributed by atoms with Gasteiger partial charge in [0, 0.05) is 80.8 Å². The Labute approximate surface area is 614 Å². The van der Waals surface area contributed by atoms with E-state index in [0.29, 0.717) is 67.2 Å². The summed E-state index contributed by atoms with van der Waals surface area (Å²) in [6.45, 7) is 11.5. The summed E-state index contributed by atoms with van der Waals surface area (Å²) in [4.78, 5) is 78.4. The van der Waals surface area contributed by atoms with Gasteiger partial charge >= 0.3 is 23.9 Å². The number of nitrogens with zero attached hydrogens (tertiary/aromatic N) is 8. The summed E-state index contributed by atoms with van der Waals surface area (Å²) >= 11 is 12.4. The summed E-state index contributed by atoms with van der Waals surface area (Å²) in [6, 6.07) is 49.1. The number of nitro groups is 2. The summed E-state index contributed by atoms with van der Waals surface area (Å²) < 4.78 is 29.4. The highest BCUT2D eigenvalue weighted by molar-refractivity contribution is 6.31. The van der Waals surface area contributed by atoms with Crippen molar-refractivity contribution in [3.05, 3.63) is 222 Å². The Balaban J connectivity index is 0.000000207. The van der Waals surface area contributed by atoms with Crippen molar-refractivity contribution in [3.63, 3.8) is 0 Å². The molecule has 0 amide bonds. The lowest BCUT2D eigenvalue weighted by Crippen LogP contribution is -2.25. The maximum absolute atomic E-state index is 14.0. The van der Waals surface area contributed by atoms with Gasteiger partial charge in [-0.05, 0) is 126 Å². The smallest absolute Gasteiger partial charge is 0.342 e. The lowest BCUT2D eigenvalue weighted by atomic mass is 9.95. The van der Waals surface area contributed by atoms with Crippen molar-refractivity contribution in [3.8, 4) is 68.0 Å². The molecule has 542 valence electrons. The van der Waals surface area contributed by atoms with E-state index in [1.165, 1.54) is 49.9 Å². The molecule has 2 fully saturated rings. The summed E-state index contributed by atoms with van der Waals surface area (Å²) in [7, 11) is 0. The molecule has 0 atom stereocenters. The number of carbonyl (C=O) groups excluding carboxylic acids is 4. The van der Waals surface area contributed by atoms with Crippen LogP contribution in [0.1, 0.15) is 173 Å². The maximum atomic E-state index is 14.0. The molecule has 0 saturated heterocycles. The van der Waals surface area contributed by atoms with Gasteiger partial charge in [0.2, 0.25) is 0 Å². The average Bonchev–Trinajstić information content (AvgIpc) is 1.58. The van der Waals surface area contributed by atoms with Gasteiger partial charge in [-0.3, -0.25) is 29.4 Å². The van der Waals surface area contributed by atoms with Crippen LogP contribution in [-0.4, -0.2) is 101 Å². The highest BCUT2D eigenvalue weighted by atomic mass is 35.5. The van der Waals surface area contributed by atoms with Crippen LogP contribution in [0, 0.1) is 20.2 Å². The Morgan fingerprint density at radius 1 is 0.433 bits per heavy atom. The molecule has 10 aromatic rings. The van der Waals surface area contributed by atoms with Gasteiger partial charge in [-0.15, -0.1) is 0 Å². The van der Waals surface area contributed by atoms with E-state index in [4.69, 9.17) is 52.3 Å². The number of nitrogens with one attached hydrogen (secondary N) is 2. The zero-order chi connectivity index (χ0) is 73.8. The summed E-state index contributed by atoms with van der Waals surface area (Å²) in [5, 5.41) is 41.7. The Bertz CT molecular complexity index is 4290. The SMILES string of the molecule is CCCCCC.CCOC(=O)c1c(C(=O)OCC)c(-c2ccc([N+](=O)[O-])cc2)n(-c2cc(-c3ccc(Cl)cc3)nn2-c2ccccc2)c1NC1CCCCC1.CCOC(=O)c1c(C(=O)OCC)c(-c2ccc([N+](=O)[O-])cc2)n(-c2cc(-c3ccc(Cl)cc3)nn2-c2ccccc2)c1NC1CCCCC1. The van der Waals surface area contributed by atoms with Crippen LogP contribution >= 0.6 is 23.2 Å². The molecular formula is C80H86Cl2N10O12. The predicted molar refractivity (Wildman–Crippen MR) is 405 cm³/mol. The monoisotopic (exact) mass is 1450 g/mol. The quantitative estimate of drug-likeness (QED) is 0.0177. The van der Waals surface area contributed by atoms with E-state index in [1.54, 1.807) is 94.7 Å². The topological polar surface area (TPSA) is 261 Å². The van der Waals surface area contributed by atoms with Gasteiger partial charge in [0.05, 0.1) is 70.4 Å². The number of halogens is 2. The number of benzene rings is 6. The van der Waals surface area contributed by atoms with E-state index >= 15 is 0 Å². The van der Waals surface area contributed by atoms with Gasteiger partial charge in [-0.25, -0.2) is 28.5 Å². The maximum Gasteiger partial charge on any atom is 0.342 e. The van der Waals surface area contributed by atoms with Gasteiger partial charge in [-0.2, -0.15) is 10.2 Å². The number of carbonyl (C=O) groups is 4. The fraction of sp³-hybridized carbons (Fsp3) is 0.325. The van der Waals surface area contributed by atoms with Crippen LogP contribution in [0.2, 0.25) is 10.0 Å². The second-order valence-electron chi connectivity index (χ2n) is 25.0. The number of hydrogen-bond acceptors (Lipinski definition) is 16. The third-order valence-corrected chi connectivity index (χ3v) is 18.4. The van der Waals surface area contributed by atoms with Crippen LogP contribution in [0.3, 0.4) is 0 Å². The van der Waals surface area contributed by atoms with E-state index < -0.39 is 33.7 Å². The van der Waals surface area contributed by atoms with Crippen molar-refractivity contribution >= 4 is 70.1 Å². The number of aromatic nitrogens is 6. The molecule has 2 N–H and O–H groups in total. The van der Waals surface area contributed by atoms with Crippen LogP contribution in [0.15, 0.2) is 170 Å². The fourth-order valence-electron chi connectivity index (χ4n) is 13.0. The summed E-state index contributed by atoms with van der Waals surface area (Å²) in [6.07, 6.45) is 15.2. The van der Waals surface area contributed by atoms with Gasteiger partial charge in [0.15, 0.2) is 0 Å². The molecule has 0 aliphatic heterocycles. The molecule has 2 saturated carbocycles. The molecular weight excluding hydrogens is 1360 g/mol. The number of para-hydroxylation sites is 2. The molecule has 0 spiro atoms. The van der Waals surface area contributed by atoms with Gasteiger partial charge < -0.3 is 29.6 Å². The van der Waals surface area contributed by atoms with Crippen molar-refractivity contribution in [1.82, 2.24) is 28.7 Å². The Morgan fingerprint density at radius 2 is 0.740 bits per heavy atom. The van der Waals surface area contributed by atoms with Gasteiger partial charge in [-0.1, -0.05) is 162 Å². The third-order valence-electron chi connectivity index (χ3n) is 17.9. The molecule has 0 unspecified atom stereocenters. The van der Waals surface area contributed by atoms with E-state index in [2.05, 4.69) is 24.5 Å². The fourth-order valence-corrected chi connectivity index (χ4v) is 13.2. The molecule has 4 heterocycles. The number of nitro benzene ring substituents is 2. The van der Waals surface area contributed by atoms with Crippen molar-refractivity contribution in [2.75, 3.05) is 37.1 Å². The molecule has 0 radical (unpaired) electrons. The van der Waals surface area contributed by atoms with Crippen LogP contribution < -0.4 is 10.6 Å².